The van der Waals surface area contributed by atoms with Gasteiger partial charge < -0.3 is 10.6 Å². The molecule has 0 unspecified atom stereocenters. The SMILES string of the molecule is CN(C)c1ccnc2cc(N)ccc12. The van der Waals surface area contributed by atoms with Gasteiger partial charge in [-0.2, -0.15) is 0 Å². The number of rotatable bonds is 1. The normalized spacial score (nSPS) is 10.4. The van der Waals surface area contributed by atoms with E-state index in [1.807, 2.05) is 38.4 Å². The van der Waals surface area contributed by atoms with Gasteiger partial charge in [0.05, 0.1) is 5.52 Å². The summed E-state index contributed by atoms with van der Waals surface area (Å²) in [6.45, 7) is 0. The summed E-state index contributed by atoms with van der Waals surface area (Å²) in [5, 5.41) is 1.13. The van der Waals surface area contributed by atoms with E-state index in [9.17, 15) is 0 Å². The highest BCUT2D eigenvalue weighted by Crippen LogP contribution is 2.24. The Morgan fingerprint density at radius 3 is 2.71 bits per heavy atom. The molecule has 3 heteroatoms. The molecule has 0 radical (unpaired) electrons. The lowest BCUT2D eigenvalue weighted by molar-refractivity contribution is 1.14. The second kappa shape index (κ2) is 3.18. The third-order valence-electron chi connectivity index (χ3n) is 2.23. The van der Waals surface area contributed by atoms with Gasteiger partial charge in [-0.15, -0.1) is 0 Å². The van der Waals surface area contributed by atoms with Gasteiger partial charge >= 0.3 is 0 Å². The van der Waals surface area contributed by atoms with Crippen LogP contribution in [0.2, 0.25) is 0 Å². The van der Waals surface area contributed by atoms with Gasteiger partial charge in [-0.25, -0.2) is 0 Å². The Labute approximate surface area is 83.2 Å². The second-order valence-electron chi connectivity index (χ2n) is 3.50. The summed E-state index contributed by atoms with van der Waals surface area (Å²) in [6.07, 6.45) is 1.80. The van der Waals surface area contributed by atoms with Crippen LogP contribution >= 0.6 is 0 Å². The molecule has 72 valence electrons. The van der Waals surface area contributed by atoms with Crippen LogP contribution in [-0.2, 0) is 0 Å². The van der Waals surface area contributed by atoms with Gasteiger partial charge in [0.25, 0.3) is 0 Å². The van der Waals surface area contributed by atoms with Crippen molar-refractivity contribution < 1.29 is 0 Å². The summed E-state index contributed by atoms with van der Waals surface area (Å²) >= 11 is 0. The van der Waals surface area contributed by atoms with Crippen molar-refractivity contribution in [1.29, 1.82) is 0 Å². The molecule has 0 spiro atoms. The molecule has 14 heavy (non-hydrogen) atoms. The minimum absolute atomic E-state index is 0.751. The highest BCUT2D eigenvalue weighted by Gasteiger charge is 2.02. The van der Waals surface area contributed by atoms with E-state index in [1.165, 1.54) is 0 Å². The van der Waals surface area contributed by atoms with E-state index in [2.05, 4.69) is 9.88 Å². The number of fused-ring (bicyclic) bond motifs is 1. The van der Waals surface area contributed by atoms with Crippen LogP contribution in [0, 0.1) is 0 Å². The minimum atomic E-state index is 0.751. The first-order valence-electron chi connectivity index (χ1n) is 4.50. The summed E-state index contributed by atoms with van der Waals surface area (Å²) in [6, 6.07) is 7.80. The third-order valence-corrected chi connectivity index (χ3v) is 2.23. The molecule has 2 rings (SSSR count). The summed E-state index contributed by atoms with van der Waals surface area (Å²) in [4.78, 5) is 6.35. The second-order valence-corrected chi connectivity index (χ2v) is 3.50. The monoisotopic (exact) mass is 187 g/mol. The first-order valence-corrected chi connectivity index (χ1v) is 4.50. The average Bonchev–Trinajstić information content (AvgIpc) is 2.16. The molecule has 1 heterocycles. The quantitative estimate of drug-likeness (QED) is 0.693. The van der Waals surface area contributed by atoms with Gasteiger partial charge in [-0.1, -0.05) is 0 Å². The highest BCUT2D eigenvalue weighted by molar-refractivity contribution is 5.92. The van der Waals surface area contributed by atoms with Crippen molar-refractivity contribution in [2.45, 2.75) is 0 Å². The number of nitrogen functional groups attached to an aromatic ring is 1. The van der Waals surface area contributed by atoms with Crippen LogP contribution < -0.4 is 10.6 Å². The van der Waals surface area contributed by atoms with Crippen LogP contribution in [-0.4, -0.2) is 19.1 Å². The maximum Gasteiger partial charge on any atom is 0.0743 e. The summed E-state index contributed by atoms with van der Waals surface area (Å²) in [5.41, 5.74) is 8.55. The lowest BCUT2D eigenvalue weighted by Crippen LogP contribution is -2.09. The molecule has 0 atom stereocenters. The molecule has 2 N–H and O–H groups in total. The summed E-state index contributed by atoms with van der Waals surface area (Å²) in [5.74, 6) is 0. The van der Waals surface area contributed by atoms with Crippen molar-refractivity contribution in [2.75, 3.05) is 24.7 Å². The van der Waals surface area contributed by atoms with Crippen LogP contribution in [0.4, 0.5) is 11.4 Å². The van der Waals surface area contributed by atoms with E-state index in [1.54, 1.807) is 6.20 Å². The largest absolute Gasteiger partial charge is 0.399 e. The van der Waals surface area contributed by atoms with Crippen molar-refractivity contribution in [3.05, 3.63) is 30.5 Å². The topological polar surface area (TPSA) is 42.2 Å². The van der Waals surface area contributed by atoms with Crippen LogP contribution in [0.3, 0.4) is 0 Å². The number of nitrogens with two attached hydrogens (primary N) is 1. The zero-order valence-corrected chi connectivity index (χ0v) is 8.36. The average molecular weight is 187 g/mol. The van der Waals surface area contributed by atoms with E-state index < -0.39 is 0 Å². The van der Waals surface area contributed by atoms with Gasteiger partial charge in [0, 0.05) is 37.1 Å². The number of anilines is 2. The van der Waals surface area contributed by atoms with E-state index >= 15 is 0 Å². The Balaban J connectivity index is 2.75. The fourth-order valence-corrected chi connectivity index (χ4v) is 1.54. The Hall–Kier alpha value is -1.77. The van der Waals surface area contributed by atoms with E-state index in [4.69, 9.17) is 5.73 Å². The molecule has 0 aliphatic rings. The van der Waals surface area contributed by atoms with Crippen LogP contribution in [0.1, 0.15) is 0 Å². The number of hydrogen-bond acceptors (Lipinski definition) is 3. The van der Waals surface area contributed by atoms with Crippen LogP contribution in [0.5, 0.6) is 0 Å². The predicted molar refractivity (Wildman–Crippen MR) is 60.5 cm³/mol. The van der Waals surface area contributed by atoms with Gasteiger partial charge in [0.15, 0.2) is 0 Å². The number of hydrogen-bond donors (Lipinski definition) is 1. The van der Waals surface area contributed by atoms with Gasteiger partial charge in [-0.05, 0) is 24.3 Å². The molecule has 0 amide bonds. The first-order chi connectivity index (χ1) is 6.68. The number of pyridine rings is 1. The molecule has 0 fully saturated rings. The zero-order chi connectivity index (χ0) is 10.1. The van der Waals surface area contributed by atoms with Crippen LogP contribution in [0.25, 0.3) is 10.9 Å². The molecule has 0 saturated heterocycles. The molecule has 1 aromatic heterocycles. The molecule has 1 aromatic carbocycles. The lowest BCUT2D eigenvalue weighted by atomic mass is 10.1. The van der Waals surface area contributed by atoms with Crippen molar-refractivity contribution in [3.63, 3.8) is 0 Å². The number of nitrogens with zero attached hydrogens (tertiary/aromatic N) is 2. The standard InChI is InChI=1S/C11H13N3/c1-14(2)11-5-6-13-10-7-8(12)3-4-9(10)11/h3-7H,12H2,1-2H3. The molecule has 3 nitrogen and oxygen atoms in total. The molecule has 2 aromatic rings. The molecule has 0 aliphatic carbocycles. The Kier molecular flexibility index (Phi) is 2.00. The van der Waals surface area contributed by atoms with E-state index in [0.29, 0.717) is 0 Å². The summed E-state index contributed by atoms with van der Waals surface area (Å²) < 4.78 is 0. The Morgan fingerprint density at radius 2 is 2.00 bits per heavy atom. The Bertz CT molecular complexity index is 463. The maximum atomic E-state index is 5.70. The third kappa shape index (κ3) is 1.37. The van der Waals surface area contributed by atoms with Crippen molar-refractivity contribution in [3.8, 4) is 0 Å². The highest BCUT2D eigenvalue weighted by atomic mass is 15.1. The van der Waals surface area contributed by atoms with Crippen molar-refractivity contribution in [2.24, 2.45) is 0 Å². The predicted octanol–water partition coefficient (Wildman–Crippen LogP) is 1.88. The Morgan fingerprint density at radius 1 is 1.21 bits per heavy atom. The van der Waals surface area contributed by atoms with Gasteiger partial charge in [0.1, 0.15) is 0 Å². The van der Waals surface area contributed by atoms with E-state index in [-0.39, 0.29) is 0 Å². The van der Waals surface area contributed by atoms with Gasteiger partial charge in [0.2, 0.25) is 0 Å². The molecule has 0 bridgehead atoms. The van der Waals surface area contributed by atoms with Gasteiger partial charge in [-0.3, -0.25) is 4.98 Å². The summed E-state index contributed by atoms with van der Waals surface area (Å²) in [7, 11) is 4.04. The number of aromatic nitrogens is 1. The molecular formula is C11H13N3. The molecular weight excluding hydrogens is 174 g/mol. The fourth-order valence-electron chi connectivity index (χ4n) is 1.54. The molecule has 0 saturated carbocycles. The van der Waals surface area contributed by atoms with Crippen molar-refractivity contribution >= 4 is 22.3 Å². The minimum Gasteiger partial charge on any atom is -0.399 e. The maximum absolute atomic E-state index is 5.70. The lowest BCUT2D eigenvalue weighted by Gasteiger charge is -2.14. The van der Waals surface area contributed by atoms with E-state index in [0.717, 1.165) is 22.3 Å². The first kappa shape index (κ1) is 8.81. The van der Waals surface area contributed by atoms with Crippen LogP contribution in [0.15, 0.2) is 30.5 Å². The molecule has 0 aliphatic heterocycles. The zero-order valence-electron chi connectivity index (χ0n) is 8.36. The number of benzene rings is 1. The van der Waals surface area contributed by atoms with Crippen molar-refractivity contribution in [1.82, 2.24) is 4.98 Å². The smallest absolute Gasteiger partial charge is 0.0743 e. The fraction of sp³-hybridized carbons (Fsp3) is 0.182.